The Kier molecular flexibility index (Phi) is 6.21. The molecule has 1 saturated heterocycles. The molecule has 1 N–H and O–H groups in total. The average Bonchev–Trinajstić information content (AvgIpc) is 2.93. The standard InChI is InChI=1S/C18H29FN2O/c1-5-15-9-6-13(2)21(15)16-10-7-14(8-11-16)18(22-4)17(12-19)20-3/h7-8,10-11,13,15,17-18,20H,5-6,9,12H2,1-4H3. The van der Waals surface area contributed by atoms with Crippen molar-refractivity contribution in [3.8, 4) is 0 Å². The van der Waals surface area contributed by atoms with Crippen LogP contribution in [0.2, 0.25) is 0 Å². The van der Waals surface area contributed by atoms with E-state index in [0.717, 1.165) is 5.56 Å². The van der Waals surface area contributed by atoms with E-state index in [9.17, 15) is 4.39 Å². The number of benzene rings is 1. The molecule has 4 heteroatoms. The molecule has 2 rings (SSSR count). The summed E-state index contributed by atoms with van der Waals surface area (Å²) >= 11 is 0. The minimum absolute atomic E-state index is 0.262. The molecule has 22 heavy (non-hydrogen) atoms. The lowest BCUT2D eigenvalue weighted by atomic mass is 10.0. The van der Waals surface area contributed by atoms with Crippen molar-refractivity contribution >= 4 is 5.69 Å². The smallest absolute Gasteiger partial charge is 0.108 e. The van der Waals surface area contributed by atoms with Gasteiger partial charge in [0, 0.05) is 24.9 Å². The highest BCUT2D eigenvalue weighted by Crippen LogP contribution is 2.33. The van der Waals surface area contributed by atoms with Gasteiger partial charge in [-0.2, -0.15) is 0 Å². The Hall–Kier alpha value is -1.13. The minimum Gasteiger partial charge on any atom is -0.375 e. The van der Waals surface area contributed by atoms with E-state index in [1.54, 1.807) is 14.2 Å². The van der Waals surface area contributed by atoms with Crippen molar-refractivity contribution in [1.82, 2.24) is 5.32 Å². The molecule has 4 unspecified atom stereocenters. The number of nitrogens with one attached hydrogen (secondary N) is 1. The van der Waals surface area contributed by atoms with Crippen LogP contribution in [0.25, 0.3) is 0 Å². The summed E-state index contributed by atoms with van der Waals surface area (Å²) < 4.78 is 18.6. The number of anilines is 1. The second-order valence-corrected chi connectivity index (χ2v) is 6.19. The molecule has 0 aromatic heterocycles. The van der Waals surface area contributed by atoms with Crippen molar-refractivity contribution in [1.29, 1.82) is 0 Å². The van der Waals surface area contributed by atoms with E-state index in [-0.39, 0.29) is 12.1 Å². The minimum atomic E-state index is -0.447. The molecule has 124 valence electrons. The Labute approximate surface area is 133 Å². The van der Waals surface area contributed by atoms with Gasteiger partial charge in [0.25, 0.3) is 0 Å². The van der Waals surface area contributed by atoms with Crippen LogP contribution in [-0.4, -0.2) is 39.0 Å². The van der Waals surface area contributed by atoms with Gasteiger partial charge in [0.1, 0.15) is 6.67 Å². The fraction of sp³-hybridized carbons (Fsp3) is 0.667. The lowest BCUT2D eigenvalue weighted by Crippen LogP contribution is -2.35. The number of hydrogen-bond donors (Lipinski definition) is 1. The van der Waals surface area contributed by atoms with Gasteiger partial charge in [0.05, 0.1) is 12.1 Å². The number of methoxy groups -OCH3 is 1. The van der Waals surface area contributed by atoms with Crippen LogP contribution < -0.4 is 10.2 Å². The number of nitrogens with zero attached hydrogens (tertiary/aromatic N) is 1. The van der Waals surface area contributed by atoms with Gasteiger partial charge < -0.3 is 15.0 Å². The van der Waals surface area contributed by atoms with E-state index in [1.165, 1.54) is 24.9 Å². The lowest BCUT2D eigenvalue weighted by molar-refractivity contribution is 0.0615. The Morgan fingerprint density at radius 3 is 2.50 bits per heavy atom. The van der Waals surface area contributed by atoms with Crippen LogP contribution in [-0.2, 0) is 4.74 Å². The van der Waals surface area contributed by atoms with Crippen molar-refractivity contribution in [2.75, 3.05) is 25.7 Å². The first-order chi connectivity index (χ1) is 10.7. The fourth-order valence-corrected chi connectivity index (χ4v) is 3.62. The molecule has 0 aliphatic carbocycles. The van der Waals surface area contributed by atoms with Crippen LogP contribution >= 0.6 is 0 Å². The van der Waals surface area contributed by atoms with Gasteiger partial charge in [-0.1, -0.05) is 19.1 Å². The van der Waals surface area contributed by atoms with Gasteiger partial charge >= 0.3 is 0 Å². The molecule has 1 heterocycles. The first-order valence-electron chi connectivity index (χ1n) is 8.30. The first kappa shape index (κ1) is 17.2. The average molecular weight is 308 g/mol. The monoisotopic (exact) mass is 308 g/mol. The second kappa shape index (κ2) is 7.93. The summed E-state index contributed by atoms with van der Waals surface area (Å²) in [6.07, 6.45) is 3.44. The quantitative estimate of drug-likeness (QED) is 0.831. The lowest BCUT2D eigenvalue weighted by Gasteiger charge is -2.31. The molecule has 1 fully saturated rings. The summed E-state index contributed by atoms with van der Waals surface area (Å²) in [5.41, 5.74) is 2.28. The van der Waals surface area contributed by atoms with Gasteiger partial charge in [-0.05, 0) is 50.9 Å². The van der Waals surface area contributed by atoms with E-state index in [1.807, 2.05) is 0 Å². The molecule has 0 spiro atoms. The zero-order valence-electron chi connectivity index (χ0n) is 14.2. The molecule has 0 radical (unpaired) electrons. The number of alkyl halides is 1. The molecule has 1 aromatic rings. The van der Waals surface area contributed by atoms with Gasteiger partial charge in [0.2, 0.25) is 0 Å². The summed E-state index contributed by atoms with van der Waals surface area (Å²) in [6, 6.07) is 9.35. The predicted molar refractivity (Wildman–Crippen MR) is 90.3 cm³/mol. The Balaban J connectivity index is 2.19. The Morgan fingerprint density at radius 1 is 1.32 bits per heavy atom. The maximum atomic E-state index is 13.1. The zero-order chi connectivity index (χ0) is 16.1. The van der Waals surface area contributed by atoms with Crippen LogP contribution in [0.4, 0.5) is 10.1 Å². The van der Waals surface area contributed by atoms with Crippen LogP contribution in [0, 0.1) is 0 Å². The van der Waals surface area contributed by atoms with Crippen molar-refractivity contribution in [2.45, 2.75) is 57.3 Å². The van der Waals surface area contributed by atoms with Gasteiger partial charge in [-0.15, -0.1) is 0 Å². The van der Waals surface area contributed by atoms with Crippen LogP contribution in [0.1, 0.15) is 44.8 Å². The fourth-order valence-electron chi connectivity index (χ4n) is 3.62. The number of likely N-dealkylation sites (N-methyl/N-ethyl adjacent to an activating group) is 1. The zero-order valence-corrected chi connectivity index (χ0v) is 14.2. The molecular weight excluding hydrogens is 279 g/mol. The van der Waals surface area contributed by atoms with Gasteiger partial charge in [-0.3, -0.25) is 0 Å². The Bertz CT molecular complexity index is 447. The molecule has 0 bridgehead atoms. The van der Waals surface area contributed by atoms with Crippen molar-refractivity contribution in [3.05, 3.63) is 29.8 Å². The number of rotatable bonds is 7. The third kappa shape index (κ3) is 3.44. The first-order valence-corrected chi connectivity index (χ1v) is 8.30. The van der Waals surface area contributed by atoms with E-state index < -0.39 is 6.67 Å². The van der Waals surface area contributed by atoms with Gasteiger partial charge in [0.15, 0.2) is 0 Å². The molecule has 1 aliphatic rings. The highest BCUT2D eigenvalue weighted by Gasteiger charge is 2.29. The second-order valence-electron chi connectivity index (χ2n) is 6.19. The maximum Gasteiger partial charge on any atom is 0.108 e. The number of hydrogen-bond acceptors (Lipinski definition) is 3. The molecule has 0 saturated carbocycles. The van der Waals surface area contributed by atoms with Crippen LogP contribution in [0.3, 0.4) is 0 Å². The number of halogens is 1. The third-order valence-electron chi connectivity index (χ3n) is 4.93. The predicted octanol–water partition coefficient (Wildman–Crippen LogP) is 3.70. The van der Waals surface area contributed by atoms with E-state index in [2.05, 4.69) is 48.3 Å². The summed E-state index contributed by atoms with van der Waals surface area (Å²) in [4.78, 5) is 2.52. The van der Waals surface area contributed by atoms with E-state index in [4.69, 9.17) is 4.74 Å². The van der Waals surface area contributed by atoms with E-state index >= 15 is 0 Å². The van der Waals surface area contributed by atoms with Crippen LogP contribution in [0.15, 0.2) is 24.3 Å². The molecule has 1 aliphatic heterocycles. The Morgan fingerprint density at radius 2 is 2.00 bits per heavy atom. The SMILES string of the molecule is CCC1CCC(C)N1c1ccc(C(OC)C(CF)NC)cc1. The summed E-state index contributed by atoms with van der Waals surface area (Å²) in [7, 11) is 3.40. The summed E-state index contributed by atoms with van der Waals surface area (Å²) in [6.45, 7) is 4.10. The highest BCUT2D eigenvalue weighted by atomic mass is 19.1. The third-order valence-corrected chi connectivity index (χ3v) is 4.93. The largest absolute Gasteiger partial charge is 0.375 e. The molecule has 4 atom stereocenters. The van der Waals surface area contributed by atoms with Crippen LogP contribution in [0.5, 0.6) is 0 Å². The van der Waals surface area contributed by atoms with E-state index in [0.29, 0.717) is 12.1 Å². The topological polar surface area (TPSA) is 24.5 Å². The maximum absolute atomic E-state index is 13.1. The summed E-state index contributed by atoms with van der Waals surface area (Å²) in [5.74, 6) is 0. The molecule has 0 amide bonds. The highest BCUT2D eigenvalue weighted by molar-refractivity contribution is 5.51. The normalized spacial score (nSPS) is 24.5. The van der Waals surface area contributed by atoms with Gasteiger partial charge in [-0.25, -0.2) is 4.39 Å². The van der Waals surface area contributed by atoms with Crippen molar-refractivity contribution in [2.24, 2.45) is 0 Å². The molecule has 1 aromatic carbocycles. The van der Waals surface area contributed by atoms with Crippen molar-refractivity contribution < 1.29 is 9.13 Å². The summed E-state index contributed by atoms with van der Waals surface area (Å²) in [5, 5.41) is 2.98. The number of ether oxygens (including phenoxy) is 1. The molecular formula is C18H29FN2O. The van der Waals surface area contributed by atoms with Crippen molar-refractivity contribution in [3.63, 3.8) is 0 Å². The molecule has 3 nitrogen and oxygen atoms in total.